The first-order chi connectivity index (χ1) is 12.1. The molecule has 126 valence electrons. The van der Waals surface area contributed by atoms with Crippen LogP contribution in [0.5, 0.6) is 0 Å². The highest BCUT2D eigenvalue weighted by Crippen LogP contribution is 2.24. The summed E-state index contributed by atoms with van der Waals surface area (Å²) in [4.78, 5) is 18.1. The number of amides is 1. The number of carbonyl (C=O) groups excluding carboxylic acids is 1. The van der Waals surface area contributed by atoms with E-state index in [1.807, 2.05) is 66.5 Å². The second-order valence-electron chi connectivity index (χ2n) is 5.91. The van der Waals surface area contributed by atoms with Crippen LogP contribution in [0.2, 0.25) is 0 Å². The summed E-state index contributed by atoms with van der Waals surface area (Å²) in [5.74, 6) is -0.125. The van der Waals surface area contributed by atoms with E-state index in [0.29, 0.717) is 5.69 Å². The van der Waals surface area contributed by atoms with Crippen LogP contribution in [0.15, 0.2) is 54.3 Å². The number of fused-ring (bicyclic) bond motifs is 1. The predicted molar refractivity (Wildman–Crippen MR) is 97.6 cm³/mol. The van der Waals surface area contributed by atoms with Crippen LogP contribution in [0, 0.1) is 0 Å². The molecular formula is C18H17N5OS. The van der Waals surface area contributed by atoms with Crippen molar-refractivity contribution in [2.24, 2.45) is 7.05 Å². The van der Waals surface area contributed by atoms with E-state index in [9.17, 15) is 4.79 Å². The Bertz CT molecular complexity index is 1030. The highest BCUT2D eigenvalue weighted by atomic mass is 32.1. The Morgan fingerprint density at radius 2 is 2.04 bits per heavy atom. The minimum atomic E-state index is -0.125. The number of rotatable bonds is 4. The summed E-state index contributed by atoms with van der Waals surface area (Å²) in [5.41, 5.74) is 3.46. The summed E-state index contributed by atoms with van der Waals surface area (Å²) in [6, 6.07) is 9.83. The number of aryl methyl sites for hydroxylation is 1. The van der Waals surface area contributed by atoms with Gasteiger partial charge in [-0.15, -0.1) is 11.3 Å². The minimum Gasteiger partial charge on any atom is -0.344 e. The molecule has 1 amide bonds. The number of thiazole rings is 1. The van der Waals surface area contributed by atoms with E-state index in [1.54, 1.807) is 10.9 Å². The summed E-state index contributed by atoms with van der Waals surface area (Å²) in [6.45, 7) is 1.95. The Balaban J connectivity index is 1.60. The molecule has 0 saturated heterocycles. The predicted octanol–water partition coefficient (Wildman–Crippen LogP) is 3.29. The lowest BCUT2D eigenvalue weighted by Gasteiger charge is -2.11. The van der Waals surface area contributed by atoms with Crippen LogP contribution in [-0.4, -0.2) is 25.1 Å². The normalized spacial score (nSPS) is 12.4. The van der Waals surface area contributed by atoms with Gasteiger partial charge in [-0.2, -0.15) is 5.10 Å². The fraction of sp³-hybridized carbons (Fsp3) is 0.167. The zero-order chi connectivity index (χ0) is 17.4. The highest BCUT2D eigenvalue weighted by molar-refractivity contribution is 7.15. The molecule has 0 radical (unpaired) electrons. The highest BCUT2D eigenvalue weighted by Gasteiger charge is 2.18. The number of aromatic nitrogens is 4. The number of nitrogens with zero attached hydrogens (tertiary/aromatic N) is 4. The summed E-state index contributed by atoms with van der Waals surface area (Å²) >= 11 is 1.46. The maximum atomic E-state index is 12.7. The molecule has 6 nitrogen and oxygen atoms in total. The molecule has 0 aliphatic heterocycles. The Hall–Kier alpha value is -2.93. The third-order valence-corrected chi connectivity index (χ3v) is 4.92. The van der Waals surface area contributed by atoms with Crippen LogP contribution in [0.4, 0.5) is 0 Å². The topological polar surface area (TPSA) is 64.2 Å². The second kappa shape index (κ2) is 6.18. The van der Waals surface area contributed by atoms with Gasteiger partial charge in [0.25, 0.3) is 5.91 Å². The first kappa shape index (κ1) is 15.6. The van der Waals surface area contributed by atoms with Gasteiger partial charge in [0.1, 0.15) is 5.69 Å². The molecule has 1 atom stereocenters. The lowest BCUT2D eigenvalue weighted by molar-refractivity contribution is 0.0934. The molecule has 0 spiro atoms. The quantitative estimate of drug-likeness (QED) is 0.614. The van der Waals surface area contributed by atoms with Gasteiger partial charge in [0, 0.05) is 35.9 Å². The maximum Gasteiger partial charge on any atom is 0.269 e. The van der Waals surface area contributed by atoms with E-state index >= 15 is 0 Å². The summed E-state index contributed by atoms with van der Waals surface area (Å²) in [6.07, 6.45) is 5.57. The first-order valence-electron chi connectivity index (χ1n) is 7.93. The van der Waals surface area contributed by atoms with Crippen molar-refractivity contribution in [2.45, 2.75) is 13.0 Å². The number of carbonyl (C=O) groups is 1. The lowest BCUT2D eigenvalue weighted by atomic mass is 10.2. The van der Waals surface area contributed by atoms with Crippen LogP contribution >= 0.6 is 11.3 Å². The van der Waals surface area contributed by atoms with Gasteiger partial charge in [0.15, 0.2) is 4.96 Å². The van der Waals surface area contributed by atoms with E-state index < -0.39 is 0 Å². The second-order valence-corrected chi connectivity index (χ2v) is 6.74. The summed E-state index contributed by atoms with van der Waals surface area (Å²) < 4.78 is 3.57. The van der Waals surface area contributed by atoms with E-state index in [1.165, 1.54) is 11.3 Å². The van der Waals surface area contributed by atoms with Crippen molar-refractivity contribution >= 4 is 22.2 Å². The molecule has 25 heavy (non-hydrogen) atoms. The smallest absolute Gasteiger partial charge is 0.269 e. The molecular weight excluding hydrogens is 334 g/mol. The third-order valence-electron chi connectivity index (χ3n) is 4.08. The standard InChI is InChI=1S/C18H17N5OS/c1-12(14-8-19-22(2)9-14)20-17(24)16-11-25-18-21-15(10-23(16)18)13-6-4-3-5-7-13/h3-12H,1-2H3,(H,20,24). The SMILES string of the molecule is CC(NC(=O)c1csc2nc(-c3ccccc3)cn12)c1cnn(C)c1. The van der Waals surface area contributed by atoms with E-state index in [4.69, 9.17) is 0 Å². The van der Waals surface area contributed by atoms with Crippen molar-refractivity contribution in [1.82, 2.24) is 24.5 Å². The number of benzene rings is 1. The molecule has 1 unspecified atom stereocenters. The Morgan fingerprint density at radius 3 is 2.76 bits per heavy atom. The van der Waals surface area contributed by atoms with Gasteiger partial charge in [-0.1, -0.05) is 30.3 Å². The number of imidazole rings is 1. The lowest BCUT2D eigenvalue weighted by Crippen LogP contribution is -2.27. The van der Waals surface area contributed by atoms with Gasteiger partial charge in [0.2, 0.25) is 0 Å². The van der Waals surface area contributed by atoms with E-state index in [2.05, 4.69) is 15.4 Å². The van der Waals surface area contributed by atoms with Crippen LogP contribution in [0.1, 0.15) is 29.0 Å². The zero-order valence-electron chi connectivity index (χ0n) is 13.9. The molecule has 0 aliphatic carbocycles. The molecule has 1 N–H and O–H groups in total. The molecule has 4 aromatic rings. The van der Waals surface area contributed by atoms with Crippen molar-refractivity contribution in [3.63, 3.8) is 0 Å². The van der Waals surface area contributed by atoms with Gasteiger partial charge < -0.3 is 5.32 Å². The van der Waals surface area contributed by atoms with Crippen LogP contribution in [0.25, 0.3) is 16.2 Å². The van der Waals surface area contributed by atoms with Crippen molar-refractivity contribution in [1.29, 1.82) is 0 Å². The average molecular weight is 351 g/mol. The maximum absolute atomic E-state index is 12.7. The van der Waals surface area contributed by atoms with Crippen molar-refractivity contribution in [3.05, 3.63) is 65.6 Å². The number of hydrogen-bond donors (Lipinski definition) is 1. The fourth-order valence-electron chi connectivity index (χ4n) is 2.71. The zero-order valence-corrected chi connectivity index (χ0v) is 14.7. The van der Waals surface area contributed by atoms with Crippen molar-refractivity contribution < 1.29 is 4.79 Å². The van der Waals surface area contributed by atoms with Crippen LogP contribution in [-0.2, 0) is 7.05 Å². The number of hydrogen-bond acceptors (Lipinski definition) is 4. The Morgan fingerprint density at radius 1 is 1.24 bits per heavy atom. The van der Waals surface area contributed by atoms with Gasteiger partial charge in [-0.05, 0) is 6.92 Å². The minimum absolute atomic E-state index is 0.117. The van der Waals surface area contributed by atoms with Crippen molar-refractivity contribution in [2.75, 3.05) is 0 Å². The summed E-state index contributed by atoms with van der Waals surface area (Å²) in [7, 11) is 1.86. The van der Waals surface area contributed by atoms with Gasteiger partial charge in [-0.25, -0.2) is 4.98 Å². The third kappa shape index (κ3) is 2.94. The van der Waals surface area contributed by atoms with Crippen LogP contribution < -0.4 is 5.32 Å². The largest absolute Gasteiger partial charge is 0.344 e. The summed E-state index contributed by atoms with van der Waals surface area (Å²) in [5, 5.41) is 9.00. The molecule has 4 rings (SSSR count). The van der Waals surface area contributed by atoms with Gasteiger partial charge in [-0.3, -0.25) is 13.9 Å². The molecule has 7 heteroatoms. The molecule has 0 bridgehead atoms. The molecule has 0 saturated carbocycles. The molecule has 1 aromatic carbocycles. The fourth-order valence-corrected chi connectivity index (χ4v) is 3.57. The molecule has 0 fully saturated rings. The van der Waals surface area contributed by atoms with E-state index in [-0.39, 0.29) is 11.9 Å². The monoisotopic (exact) mass is 351 g/mol. The van der Waals surface area contributed by atoms with Crippen molar-refractivity contribution in [3.8, 4) is 11.3 Å². The first-order valence-corrected chi connectivity index (χ1v) is 8.81. The number of nitrogens with one attached hydrogen (secondary N) is 1. The Labute approximate surface area is 148 Å². The van der Waals surface area contributed by atoms with Crippen LogP contribution in [0.3, 0.4) is 0 Å². The average Bonchev–Trinajstić information content (AvgIpc) is 3.30. The van der Waals surface area contributed by atoms with Gasteiger partial charge >= 0.3 is 0 Å². The Kier molecular flexibility index (Phi) is 3.85. The van der Waals surface area contributed by atoms with Gasteiger partial charge in [0.05, 0.1) is 17.9 Å². The molecule has 0 aliphatic rings. The molecule has 3 heterocycles. The molecule has 3 aromatic heterocycles. The van der Waals surface area contributed by atoms with E-state index in [0.717, 1.165) is 21.8 Å².